The fraction of sp³-hybridized carbons (Fsp3) is 0.826. The van der Waals surface area contributed by atoms with Crippen molar-refractivity contribution in [3.8, 4) is 12.1 Å². The Balaban J connectivity index is 1.49. The predicted octanol–water partition coefficient (Wildman–Crippen LogP) is 2.86. The second-order valence-electron chi connectivity index (χ2n) is 9.03. The Labute approximate surface area is 177 Å². The zero-order valence-electron chi connectivity index (χ0n) is 18.3. The Hall–Kier alpha value is -1.76. The monoisotopic (exact) mass is 398 g/mol. The Kier molecular flexibility index (Phi) is 8.65. The van der Waals surface area contributed by atoms with E-state index in [1.807, 2.05) is 0 Å². The number of allylic oxidation sites excluding steroid dienone is 1. The van der Waals surface area contributed by atoms with Crippen LogP contribution in [0, 0.1) is 28.6 Å². The van der Waals surface area contributed by atoms with Crippen LogP contribution in [0.3, 0.4) is 0 Å². The molecule has 3 rings (SSSR count). The summed E-state index contributed by atoms with van der Waals surface area (Å²) in [6.45, 7) is 13.2. The summed E-state index contributed by atoms with van der Waals surface area (Å²) >= 11 is 0. The second-order valence-corrected chi connectivity index (χ2v) is 9.03. The van der Waals surface area contributed by atoms with Gasteiger partial charge in [0.25, 0.3) is 0 Å². The molecule has 0 spiro atoms. The van der Waals surface area contributed by atoms with E-state index in [4.69, 9.17) is 0 Å². The van der Waals surface area contributed by atoms with Gasteiger partial charge in [0.05, 0.1) is 0 Å². The lowest BCUT2D eigenvalue weighted by Gasteiger charge is -2.31. The van der Waals surface area contributed by atoms with E-state index in [0.29, 0.717) is 0 Å². The molecule has 3 aliphatic rings. The number of nitriles is 2. The van der Waals surface area contributed by atoms with Crippen LogP contribution < -0.4 is 0 Å². The molecule has 0 N–H and O–H groups in total. The number of rotatable bonds is 8. The highest BCUT2D eigenvalue weighted by Gasteiger charge is 2.28. The minimum Gasteiger partial charge on any atom is -0.355 e. The molecule has 0 bridgehead atoms. The first-order chi connectivity index (χ1) is 14.2. The molecule has 160 valence electrons. The maximum absolute atomic E-state index is 9.51. The molecule has 6 nitrogen and oxygen atoms in total. The van der Waals surface area contributed by atoms with E-state index in [9.17, 15) is 10.5 Å². The lowest BCUT2D eigenvalue weighted by atomic mass is 9.99. The summed E-state index contributed by atoms with van der Waals surface area (Å²) in [5, 5.41) is 19.0. The third-order valence-electron chi connectivity index (χ3n) is 6.82. The van der Waals surface area contributed by atoms with Crippen LogP contribution >= 0.6 is 0 Å². The van der Waals surface area contributed by atoms with Crippen LogP contribution in [0.4, 0.5) is 0 Å². The van der Waals surface area contributed by atoms with Gasteiger partial charge in [0.15, 0.2) is 5.57 Å². The van der Waals surface area contributed by atoms with Gasteiger partial charge in [-0.05, 0) is 83.7 Å². The maximum atomic E-state index is 9.51. The van der Waals surface area contributed by atoms with Gasteiger partial charge in [-0.3, -0.25) is 0 Å². The predicted molar refractivity (Wildman–Crippen MR) is 116 cm³/mol. The van der Waals surface area contributed by atoms with Crippen LogP contribution in [0.1, 0.15) is 51.9 Å². The number of likely N-dealkylation sites (tertiary alicyclic amines) is 2. The lowest BCUT2D eigenvalue weighted by molar-refractivity contribution is 0.183. The third-order valence-corrected chi connectivity index (χ3v) is 6.82. The van der Waals surface area contributed by atoms with Gasteiger partial charge >= 0.3 is 0 Å². The number of piperidine rings is 2. The first-order valence-electron chi connectivity index (χ1n) is 11.7. The van der Waals surface area contributed by atoms with Crippen LogP contribution in [0.5, 0.6) is 0 Å². The van der Waals surface area contributed by atoms with Gasteiger partial charge < -0.3 is 19.6 Å². The molecule has 3 aliphatic heterocycles. The quantitative estimate of drug-likeness (QED) is 0.586. The average molecular weight is 399 g/mol. The smallest absolute Gasteiger partial charge is 0.169 e. The summed E-state index contributed by atoms with van der Waals surface area (Å²) in [6, 6.07) is 4.30. The summed E-state index contributed by atoms with van der Waals surface area (Å²) in [7, 11) is 0. The fourth-order valence-corrected chi connectivity index (χ4v) is 4.97. The van der Waals surface area contributed by atoms with E-state index in [1.54, 1.807) is 0 Å². The van der Waals surface area contributed by atoms with Crippen molar-refractivity contribution in [3.05, 3.63) is 11.4 Å². The SMILES string of the molecule is CC1CCN(CCCN2CCN(CCCN3CCCCC3)C2=C(C#N)C#N)CC1. The van der Waals surface area contributed by atoms with E-state index >= 15 is 0 Å². The van der Waals surface area contributed by atoms with Crippen molar-refractivity contribution in [2.45, 2.75) is 51.9 Å². The standard InChI is InChI=1S/C23H38N6/c1-21-7-15-27(16-8-21)12-6-14-29-18-17-28(23(29)22(19-24)20-25)13-5-11-26-9-3-2-4-10-26/h21H,2-18H2,1H3. The molecule has 29 heavy (non-hydrogen) atoms. The summed E-state index contributed by atoms with van der Waals surface area (Å²) in [5.41, 5.74) is 0.285. The summed E-state index contributed by atoms with van der Waals surface area (Å²) < 4.78 is 0. The van der Waals surface area contributed by atoms with Crippen molar-refractivity contribution < 1.29 is 0 Å². The molecule has 3 fully saturated rings. The lowest BCUT2D eigenvalue weighted by Crippen LogP contribution is -2.35. The Morgan fingerprint density at radius 1 is 0.759 bits per heavy atom. The number of hydrogen-bond donors (Lipinski definition) is 0. The van der Waals surface area contributed by atoms with Crippen LogP contribution in [0.25, 0.3) is 0 Å². The van der Waals surface area contributed by atoms with E-state index in [2.05, 4.69) is 38.7 Å². The van der Waals surface area contributed by atoms with E-state index in [0.717, 1.165) is 63.8 Å². The van der Waals surface area contributed by atoms with Gasteiger partial charge in [-0.2, -0.15) is 10.5 Å². The van der Waals surface area contributed by atoms with Gasteiger partial charge in [0.2, 0.25) is 0 Å². The largest absolute Gasteiger partial charge is 0.355 e. The van der Waals surface area contributed by atoms with Gasteiger partial charge in [-0.25, -0.2) is 0 Å². The molecule has 3 saturated heterocycles. The Bertz CT molecular complexity index is 600. The van der Waals surface area contributed by atoms with Crippen molar-refractivity contribution in [3.63, 3.8) is 0 Å². The zero-order valence-corrected chi connectivity index (χ0v) is 18.3. The van der Waals surface area contributed by atoms with Crippen molar-refractivity contribution in [2.24, 2.45) is 5.92 Å². The van der Waals surface area contributed by atoms with Crippen LogP contribution in [-0.4, -0.2) is 85.0 Å². The van der Waals surface area contributed by atoms with Crippen molar-refractivity contribution in [1.29, 1.82) is 10.5 Å². The Morgan fingerprint density at radius 2 is 1.28 bits per heavy atom. The highest BCUT2D eigenvalue weighted by Crippen LogP contribution is 2.23. The maximum Gasteiger partial charge on any atom is 0.169 e. The summed E-state index contributed by atoms with van der Waals surface area (Å²) in [5.74, 6) is 1.76. The normalized spacial score (nSPS) is 22.0. The molecular formula is C23H38N6. The van der Waals surface area contributed by atoms with Crippen molar-refractivity contribution in [1.82, 2.24) is 19.6 Å². The van der Waals surface area contributed by atoms with Crippen molar-refractivity contribution in [2.75, 3.05) is 65.4 Å². The van der Waals surface area contributed by atoms with E-state index < -0.39 is 0 Å². The minimum absolute atomic E-state index is 0.285. The summed E-state index contributed by atoms with van der Waals surface area (Å²) in [6.07, 6.45) is 8.85. The highest BCUT2D eigenvalue weighted by molar-refractivity contribution is 5.40. The highest BCUT2D eigenvalue weighted by atomic mass is 15.4. The minimum atomic E-state index is 0.285. The summed E-state index contributed by atoms with van der Waals surface area (Å²) in [4.78, 5) is 9.71. The molecule has 0 aliphatic carbocycles. The molecule has 0 aromatic heterocycles. The van der Waals surface area contributed by atoms with Crippen molar-refractivity contribution >= 4 is 0 Å². The first kappa shape index (κ1) is 21.9. The molecule has 0 atom stereocenters. The average Bonchev–Trinajstić information content (AvgIpc) is 3.14. The topological polar surface area (TPSA) is 60.5 Å². The van der Waals surface area contributed by atoms with Gasteiger partial charge in [0.1, 0.15) is 18.0 Å². The molecule has 0 radical (unpaired) electrons. The number of hydrogen-bond acceptors (Lipinski definition) is 6. The second kappa shape index (κ2) is 11.4. The van der Waals surface area contributed by atoms with Gasteiger partial charge in [0, 0.05) is 26.2 Å². The Morgan fingerprint density at radius 3 is 1.79 bits per heavy atom. The zero-order chi connectivity index (χ0) is 20.5. The molecule has 0 aromatic rings. The molecule has 3 heterocycles. The van der Waals surface area contributed by atoms with Crippen LogP contribution in [-0.2, 0) is 0 Å². The first-order valence-corrected chi connectivity index (χ1v) is 11.7. The van der Waals surface area contributed by atoms with E-state index in [1.165, 1.54) is 58.3 Å². The molecule has 0 aromatic carbocycles. The van der Waals surface area contributed by atoms with E-state index in [-0.39, 0.29) is 5.57 Å². The molecule has 0 amide bonds. The van der Waals surface area contributed by atoms with Crippen LogP contribution in [0.15, 0.2) is 11.4 Å². The molecular weight excluding hydrogens is 360 g/mol. The van der Waals surface area contributed by atoms with Gasteiger partial charge in [-0.1, -0.05) is 13.3 Å². The molecule has 0 saturated carbocycles. The third kappa shape index (κ3) is 6.36. The molecule has 0 unspecified atom stereocenters. The fourth-order valence-electron chi connectivity index (χ4n) is 4.97. The number of nitrogens with zero attached hydrogens (tertiary/aromatic N) is 6. The van der Waals surface area contributed by atoms with Crippen LogP contribution in [0.2, 0.25) is 0 Å². The van der Waals surface area contributed by atoms with Gasteiger partial charge in [-0.15, -0.1) is 0 Å². The molecule has 6 heteroatoms.